The molecule has 66 valence electrons. The maximum Gasteiger partial charge on any atom is 0.316 e. The summed E-state index contributed by atoms with van der Waals surface area (Å²) in [5.41, 5.74) is -1.22. The monoisotopic (exact) mass is 170 g/mol. The van der Waals surface area contributed by atoms with E-state index in [-0.39, 0.29) is 5.75 Å². The Labute approximate surface area is 68.6 Å². The molecule has 0 radical (unpaired) electrons. The minimum Gasteiger partial charge on any atom is -0.488 e. The van der Waals surface area contributed by atoms with E-state index >= 15 is 0 Å². The molecule has 0 spiro atoms. The topological polar surface area (TPSA) is 64.1 Å². The van der Waals surface area contributed by atoms with Crippen LogP contribution in [0.25, 0.3) is 0 Å². The molecule has 0 aliphatic carbocycles. The van der Waals surface area contributed by atoms with Gasteiger partial charge in [0.1, 0.15) is 0 Å². The molecule has 0 saturated heterocycles. The van der Waals surface area contributed by atoms with Crippen molar-refractivity contribution in [3.63, 3.8) is 0 Å². The van der Waals surface area contributed by atoms with Crippen molar-refractivity contribution in [3.8, 4) is 5.75 Å². The third-order valence-electron chi connectivity index (χ3n) is 1.41. The summed E-state index contributed by atoms with van der Waals surface area (Å²) < 4.78 is 6.02. The second-order valence-electron chi connectivity index (χ2n) is 2.26. The number of hydrogen-bond acceptors (Lipinski definition) is 3. The van der Waals surface area contributed by atoms with Crippen molar-refractivity contribution in [2.75, 3.05) is 6.61 Å². The number of ether oxygens (including phenoxy) is 1. The molecular formula is C7H10N2O3. The van der Waals surface area contributed by atoms with Crippen LogP contribution in [0, 0.1) is 0 Å². The molecule has 12 heavy (non-hydrogen) atoms. The van der Waals surface area contributed by atoms with E-state index in [2.05, 4.69) is 5.10 Å². The number of H-pyrrole nitrogens is 1. The predicted octanol–water partition coefficient (Wildman–Crippen LogP) is -0.528. The summed E-state index contributed by atoms with van der Waals surface area (Å²) in [6.07, 6.45) is 1.37. The molecule has 0 bridgehead atoms. The maximum atomic E-state index is 11.1. The predicted molar refractivity (Wildman–Crippen MR) is 43.5 cm³/mol. The Hall–Kier alpha value is -1.52. The Morgan fingerprint density at radius 2 is 2.25 bits per heavy atom. The van der Waals surface area contributed by atoms with Gasteiger partial charge in [-0.05, 0) is 6.92 Å². The van der Waals surface area contributed by atoms with E-state index < -0.39 is 11.0 Å². The Morgan fingerprint density at radius 3 is 2.83 bits per heavy atom. The van der Waals surface area contributed by atoms with Crippen LogP contribution in [0.5, 0.6) is 5.75 Å². The standard InChI is InChI=1S/C7H10N2O3/c1-3-12-5-4-8-9(2)7(11)6(5)10/h4,8H,3H2,1-2H3. The Balaban J connectivity index is 3.28. The van der Waals surface area contributed by atoms with Crippen LogP contribution in [-0.2, 0) is 7.05 Å². The van der Waals surface area contributed by atoms with Crippen LogP contribution < -0.4 is 15.7 Å². The smallest absolute Gasteiger partial charge is 0.316 e. The van der Waals surface area contributed by atoms with Gasteiger partial charge >= 0.3 is 5.56 Å². The lowest BCUT2D eigenvalue weighted by atomic mass is 10.5. The molecule has 0 unspecified atom stereocenters. The molecule has 0 saturated carbocycles. The fourth-order valence-electron chi connectivity index (χ4n) is 0.800. The Morgan fingerprint density at radius 1 is 1.58 bits per heavy atom. The number of aryl methyl sites for hydroxylation is 1. The first kappa shape index (κ1) is 8.58. The van der Waals surface area contributed by atoms with Crippen molar-refractivity contribution in [3.05, 3.63) is 26.8 Å². The Kier molecular flexibility index (Phi) is 2.32. The molecule has 0 aromatic carbocycles. The summed E-state index contributed by atoms with van der Waals surface area (Å²) in [6, 6.07) is 0. The quantitative estimate of drug-likeness (QED) is 0.607. The zero-order valence-electron chi connectivity index (χ0n) is 6.96. The van der Waals surface area contributed by atoms with E-state index in [1.807, 2.05) is 0 Å². The van der Waals surface area contributed by atoms with Gasteiger partial charge in [0.25, 0.3) is 5.43 Å². The summed E-state index contributed by atoms with van der Waals surface area (Å²) in [5, 5.41) is 2.57. The van der Waals surface area contributed by atoms with Gasteiger partial charge in [0.05, 0.1) is 12.8 Å². The molecule has 0 atom stereocenters. The van der Waals surface area contributed by atoms with Gasteiger partial charge in [0, 0.05) is 7.05 Å². The van der Waals surface area contributed by atoms with Crippen molar-refractivity contribution >= 4 is 0 Å². The average molecular weight is 170 g/mol. The molecule has 1 rings (SSSR count). The summed E-state index contributed by atoms with van der Waals surface area (Å²) in [4.78, 5) is 22.1. The van der Waals surface area contributed by atoms with Gasteiger partial charge < -0.3 is 4.74 Å². The van der Waals surface area contributed by atoms with Gasteiger partial charge in [-0.3, -0.25) is 19.4 Å². The molecule has 0 amide bonds. The number of rotatable bonds is 2. The third kappa shape index (κ3) is 1.39. The Bertz CT molecular complexity index is 377. The number of aromatic nitrogens is 2. The van der Waals surface area contributed by atoms with Gasteiger partial charge in [-0.2, -0.15) is 0 Å². The molecule has 1 heterocycles. The van der Waals surface area contributed by atoms with Crippen molar-refractivity contribution in [2.45, 2.75) is 6.92 Å². The van der Waals surface area contributed by atoms with Crippen molar-refractivity contribution in [1.82, 2.24) is 9.78 Å². The fourth-order valence-corrected chi connectivity index (χ4v) is 0.800. The number of aromatic amines is 1. The van der Waals surface area contributed by atoms with E-state index in [1.54, 1.807) is 6.92 Å². The lowest BCUT2D eigenvalue weighted by Crippen LogP contribution is -2.34. The van der Waals surface area contributed by atoms with Crippen LogP contribution in [0.2, 0.25) is 0 Å². The van der Waals surface area contributed by atoms with Crippen LogP contribution in [-0.4, -0.2) is 16.4 Å². The zero-order valence-corrected chi connectivity index (χ0v) is 6.96. The van der Waals surface area contributed by atoms with Crippen molar-refractivity contribution < 1.29 is 4.74 Å². The maximum absolute atomic E-state index is 11.1. The number of hydrogen-bond donors (Lipinski definition) is 1. The van der Waals surface area contributed by atoms with Gasteiger partial charge in [-0.1, -0.05) is 0 Å². The highest BCUT2D eigenvalue weighted by Gasteiger charge is 2.04. The normalized spacial score (nSPS) is 9.83. The molecule has 1 N–H and O–H groups in total. The van der Waals surface area contributed by atoms with Gasteiger partial charge in [0.2, 0.25) is 0 Å². The number of nitrogens with zero attached hydrogens (tertiary/aromatic N) is 1. The minimum absolute atomic E-state index is 0.0700. The second-order valence-corrected chi connectivity index (χ2v) is 2.26. The summed E-state index contributed by atoms with van der Waals surface area (Å²) in [7, 11) is 1.47. The fraction of sp³-hybridized carbons (Fsp3) is 0.429. The van der Waals surface area contributed by atoms with Crippen LogP contribution in [0.15, 0.2) is 15.8 Å². The van der Waals surface area contributed by atoms with Gasteiger partial charge in [-0.15, -0.1) is 0 Å². The zero-order chi connectivity index (χ0) is 9.14. The lowest BCUT2D eigenvalue weighted by molar-refractivity contribution is 0.332. The van der Waals surface area contributed by atoms with Crippen LogP contribution in [0.4, 0.5) is 0 Å². The van der Waals surface area contributed by atoms with Gasteiger partial charge in [-0.25, -0.2) is 0 Å². The van der Waals surface area contributed by atoms with Crippen LogP contribution >= 0.6 is 0 Å². The van der Waals surface area contributed by atoms with E-state index in [0.717, 1.165) is 4.68 Å². The van der Waals surface area contributed by atoms with Gasteiger partial charge in [0.15, 0.2) is 5.75 Å². The van der Waals surface area contributed by atoms with E-state index in [0.29, 0.717) is 6.61 Å². The van der Waals surface area contributed by atoms with Crippen LogP contribution in [0.3, 0.4) is 0 Å². The highest BCUT2D eigenvalue weighted by Crippen LogP contribution is 1.94. The average Bonchev–Trinajstić information content (AvgIpc) is 2.07. The molecule has 0 fully saturated rings. The van der Waals surface area contributed by atoms with Crippen molar-refractivity contribution in [1.29, 1.82) is 0 Å². The largest absolute Gasteiger partial charge is 0.488 e. The first-order valence-corrected chi connectivity index (χ1v) is 3.58. The lowest BCUT2D eigenvalue weighted by Gasteiger charge is -2.01. The van der Waals surface area contributed by atoms with Crippen molar-refractivity contribution in [2.24, 2.45) is 7.05 Å². The molecule has 0 aliphatic heterocycles. The highest BCUT2D eigenvalue weighted by molar-refractivity contribution is 5.13. The first-order chi connectivity index (χ1) is 5.66. The van der Waals surface area contributed by atoms with Crippen LogP contribution in [0.1, 0.15) is 6.92 Å². The minimum atomic E-state index is -0.613. The summed E-state index contributed by atoms with van der Waals surface area (Å²) >= 11 is 0. The SMILES string of the molecule is CCOc1c[nH]n(C)c(=O)c1=O. The number of nitrogens with one attached hydrogen (secondary N) is 1. The van der Waals surface area contributed by atoms with E-state index in [1.165, 1.54) is 13.2 Å². The highest BCUT2D eigenvalue weighted by atomic mass is 16.5. The molecule has 1 aromatic heterocycles. The molecule has 5 nitrogen and oxygen atoms in total. The second kappa shape index (κ2) is 3.25. The molecular weight excluding hydrogens is 160 g/mol. The van der Waals surface area contributed by atoms with E-state index in [4.69, 9.17) is 4.74 Å². The summed E-state index contributed by atoms with van der Waals surface area (Å²) in [5.74, 6) is 0.0700. The van der Waals surface area contributed by atoms with E-state index in [9.17, 15) is 9.59 Å². The molecule has 0 aliphatic rings. The summed E-state index contributed by atoms with van der Waals surface area (Å²) in [6.45, 7) is 2.12. The third-order valence-corrected chi connectivity index (χ3v) is 1.41. The first-order valence-electron chi connectivity index (χ1n) is 3.58. The molecule has 1 aromatic rings. The molecule has 5 heteroatoms.